The molecule has 142 valence electrons. The number of phenolic OH excluding ortho intramolecular Hbond substituents is 2. The van der Waals surface area contributed by atoms with Crippen molar-refractivity contribution in [2.75, 3.05) is 0 Å². The first-order chi connectivity index (χ1) is 12.5. The highest BCUT2D eigenvalue weighted by Crippen LogP contribution is 2.41. The Bertz CT molecular complexity index is 668. The predicted molar refractivity (Wildman–Crippen MR) is 111 cm³/mol. The van der Waals surface area contributed by atoms with Crippen LogP contribution in [0.25, 0.3) is 11.1 Å². The molecule has 0 radical (unpaired) electrons. The summed E-state index contributed by atoms with van der Waals surface area (Å²) in [7, 11) is 0. The molecule has 0 heterocycles. The fraction of sp³-hybridized carbons (Fsp3) is 0.500. The number of phenols is 2. The Balaban J connectivity index is 2.68. The van der Waals surface area contributed by atoms with Crippen LogP contribution in [0, 0.1) is 0 Å². The van der Waals surface area contributed by atoms with Gasteiger partial charge in [-0.2, -0.15) is 0 Å². The van der Waals surface area contributed by atoms with Gasteiger partial charge in [-0.3, -0.25) is 0 Å². The van der Waals surface area contributed by atoms with Gasteiger partial charge in [0.05, 0.1) is 0 Å². The van der Waals surface area contributed by atoms with Gasteiger partial charge in [0.1, 0.15) is 11.5 Å². The Labute approximate surface area is 158 Å². The molecular weight excluding hydrogens is 320 g/mol. The Hall–Kier alpha value is -1.96. The van der Waals surface area contributed by atoms with E-state index >= 15 is 0 Å². The summed E-state index contributed by atoms with van der Waals surface area (Å²) in [5, 5.41) is 21.8. The van der Waals surface area contributed by atoms with E-state index in [4.69, 9.17) is 0 Å². The maximum absolute atomic E-state index is 10.9. The van der Waals surface area contributed by atoms with E-state index in [1.807, 2.05) is 0 Å². The van der Waals surface area contributed by atoms with E-state index in [-0.39, 0.29) is 0 Å². The summed E-state index contributed by atoms with van der Waals surface area (Å²) in [4.78, 5) is 0. The van der Waals surface area contributed by atoms with Crippen molar-refractivity contribution in [1.82, 2.24) is 0 Å². The third-order valence-corrected chi connectivity index (χ3v) is 4.90. The Kier molecular flexibility index (Phi) is 7.56. The zero-order valence-electron chi connectivity index (χ0n) is 16.9. The molecule has 2 nitrogen and oxygen atoms in total. The Morgan fingerprint density at radius 2 is 0.885 bits per heavy atom. The quantitative estimate of drug-likeness (QED) is 0.534. The molecule has 0 aliphatic carbocycles. The molecule has 0 aliphatic rings. The second kappa shape index (κ2) is 9.66. The number of benzene rings is 2. The smallest absolute Gasteiger partial charge is 0.126 e. The second-order valence-corrected chi connectivity index (χ2v) is 7.30. The molecule has 0 atom stereocenters. The Morgan fingerprint density at radius 1 is 0.538 bits per heavy atom. The van der Waals surface area contributed by atoms with Crippen LogP contribution in [0.4, 0.5) is 0 Å². The van der Waals surface area contributed by atoms with Gasteiger partial charge in [0, 0.05) is 11.1 Å². The minimum Gasteiger partial charge on any atom is -0.507 e. The topological polar surface area (TPSA) is 40.5 Å². The van der Waals surface area contributed by atoms with E-state index < -0.39 is 0 Å². The van der Waals surface area contributed by atoms with Crippen LogP contribution >= 0.6 is 0 Å². The average Bonchev–Trinajstić information content (AvgIpc) is 2.61. The lowest BCUT2D eigenvalue weighted by atomic mass is 9.90. The fourth-order valence-electron chi connectivity index (χ4n) is 3.72. The van der Waals surface area contributed by atoms with Gasteiger partial charge in [0.25, 0.3) is 0 Å². The molecule has 0 amide bonds. The van der Waals surface area contributed by atoms with Crippen molar-refractivity contribution in [1.29, 1.82) is 0 Å². The molecule has 26 heavy (non-hydrogen) atoms. The van der Waals surface area contributed by atoms with E-state index in [9.17, 15) is 10.2 Å². The molecule has 2 aromatic carbocycles. The van der Waals surface area contributed by atoms with Crippen LogP contribution in [0.5, 0.6) is 11.5 Å². The lowest BCUT2D eigenvalue weighted by molar-refractivity contribution is 0.461. The van der Waals surface area contributed by atoms with E-state index in [0.29, 0.717) is 11.5 Å². The first kappa shape index (κ1) is 20.4. The van der Waals surface area contributed by atoms with Crippen LogP contribution in [0.2, 0.25) is 0 Å². The van der Waals surface area contributed by atoms with Gasteiger partial charge in [-0.15, -0.1) is 0 Å². The summed E-state index contributed by atoms with van der Waals surface area (Å²) in [5.74, 6) is 0.663. The normalized spacial score (nSPS) is 11.1. The molecule has 0 aliphatic heterocycles. The Morgan fingerprint density at radius 3 is 1.19 bits per heavy atom. The van der Waals surface area contributed by atoms with Crippen molar-refractivity contribution in [2.24, 2.45) is 0 Å². The third-order valence-electron chi connectivity index (χ3n) is 4.90. The maximum Gasteiger partial charge on any atom is 0.126 e. The SMILES string of the molecule is CCCc1cc(CCC)c(O)c(-c2cc(CCC)cc(CCC)c2O)c1. The van der Waals surface area contributed by atoms with Crippen LogP contribution in [-0.4, -0.2) is 10.2 Å². The van der Waals surface area contributed by atoms with Gasteiger partial charge in [-0.25, -0.2) is 0 Å². The lowest BCUT2D eigenvalue weighted by Crippen LogP contribution is -1.97. The first-order valence-electron chi connectivity index (χ1n) is 10.2. The van der Waals surface area contributed by atoms with Gasteiger partial charge >= 0.3 is 0 Å². The maximum atomic E-state index is 10.9. The summed E-state index contributed by atoms with van der Waals surface area (Å²) < 4.78 is 0. The van der Waals surface area contributed by atoms with Crippen LogP contribution in [0.15, 0.2) is 24.3 Å². The summed E-state index contributed by atoms with van der Waals surface area (Å²) >= 11 is 0. The van der Waals surface area contributed by atoms with Crippen molar-refractivity contribution in [3.8, 4) is 22.6 Å². The van der Waals surface area contributed by atoms with Crippen molar-refractivity contribution in [3.63, 3.8) is 0 Å². The number of rotatable bonds is 9. The molecule has 2 aromatic rings. The molecule has 0 aromatic heterocycles. The zero-order chi connectivity index (χ0) is 19.1. The second-order valence-electron chi connectivity index (χ2n) is 7.30. The van der Waals surface area contributed by atoms with Crippen LogP contribution in [-0.2, 0) is 25.7 Å². The van der Waals surface area contributed by atoms with Gasteiger partial charge in [-0.05, 0) is 60.1 Å². The van der Waals surface area contributed by atoms with Crippen molar-refractivity contribution in [3.05, 3.63) is 46.5 Å². The molecule has 2 rings (SSSR count). The van der Waals surface area contributed by atoms with Gasteiger partial charge in [0.15, 0.2) is 0 Å². The number of hydrogen-bond donors (Lipinski definition) is 2. The lowest BCUT2D eigenvalue weighted by Gasteiger charge is -2.17. The minimum absolute atomic E-state index is 0.332. The molecule has 2 N–H and O–H groups in total. The summed E-state index contributed by atoms with van der Waals surface area (Å²) in [6.45, 7) is 8.60. The number of aryl methyl sites for hydroxylation is 4. The average molecular weight is 355 g/mol. The molecule has 0 saturated carbocycles. The molecule has 0 bridgehead atoms. The molecular formula is C24H34O2. The molecule has 0 unspecified atom stereocenters. The first-order valence-corrected chi connectivity index (χ1v) is 10.2. The van der Waals surface area contributed by atoms with Gasteiger partial charge in [0.2, 0.25) is 0 Å². The van der Waals surface area contributed by atoms with E-state index in [1.54, 1.807) is 0 Å². The van der Waals surface area contributed by atoms with Gasteiger partial charge < -0.3 is 10.2 Å². The third kappa shape index (κ3) is 4.60. The van der Waals surface area contributed by atoms with Crippen LogP contribution in [0.3, 0.4) is 0 Å². The summed E-state index contributed by atoms with van der Waals surface area (Å²) in [6.07, 6.45) is 7.80. The summed E-state index contributed by atoms with van der Waals surface area (Å²) in [5.41, 5.74) is 6.03. The highest BCUT2D eigenvalue weighted by molar-refractivity contribution is 5.79. The van der Waals surface area contributed by atoms with Crippen molar-refractivity contribution >= 4 is 0 Å². The standard InChI is InChI=1S/C24H34O2/c1-5-9-17-13-19(11-7-3)23(25)21(15-17)22-16-18(10-6-2)14-20(12-8-4)24(22)26/h13-16,25-26H,5-12H2,1-4H3. The monoisotopic (exact) mass is 354 g/mol. The van der Waals surface area contributed by atoms with E-state index in [1.165, 1.54) is 11.1 Å². The predicted octanol–water partition coefficient (Wildman–Crippen LogP) is 6.57. The zero-order valence-corrected chi connectivity index (χ0v) is 16.9. The minimum atomic E-state index is 0.332. The number of aromatic hydroxyl groups is 2. The van der Waals surface area contributed by atoms with Crippen LogP contribution < -0.4 is 0 Å². The highest BCUT2D eigenvalue weighted by atomic mass is 16.3. The van der Waals surface area contributed by atoms with E-state index in [0.717, 1.165) is 73.6 Å². The molecule has 0 saturated heterocycles. The van der Waals surface area contributed by atoms with E-state index in [2.05, 4.69) is 52.0 Å². The largest absolute Gasteiger partial charge is 0.507 e. The van der Waals surface area contributed by atoms with Crippen LogP contribution in [0.1, 0.15) is 75.6 Å². The number of hydrogen-bond acceptors (Lipinski definition) is 2. The molecule has 2 heteroatoms. The highest BCUT2D eigenvalue weighted by Gasteiger charge is 2.17. The van der Waals surface area contributed by atoms with Crippen molar-refractivity contribution < 1.29 is 10.2 Å². The van der Waals surface area contributed by atoms with Gasteiger partial charge in [-0.1, -0.05) is 65.5 Å². The molecule has 0 fully saturated rings. The fourth-order valence-corrected chi connectivity index (χ4v) is 3.72. The molecule has 0 spiro atoms. The summed E-state index contributed by atoms with van der Waals surface area (Å²) in [6, 6.07) is 8.40. The van der Waals surface area contributed by atoms with Crippen molar-refractivity contribution in [2.45, 2.75) is 79.1 Å².